The first-order valence-electron chi connectivity index (χ1n) is 7.81. The topological polar surface area (TPSA) is 38.3 Å². The van der Waals surface area contributed by atoms with Crippen molar-refractivity contribution in [2.45, 2.75) is 6.42 Å². The van der Waals surface area contributed by atoms with E-state index in [1.54, 1.807) is 0 Å². The van der Waals surface area contributed by atoms with Gasteiger partial charge < -0.3 is 4.74 Å². The van der Waals surface area contributed by atoms with Crippen molar-refractivity contribution < 1.29 is 9.53 Å². The summed E-state index contributed by atoms with van der Waals surface area (Å²) in [5.41, 5.74) is 3.02. The molecule has 1 N–H and O–H groups in total. The number of para-hydroxylation sites is 1. The van der Waals surface area contributed by atoms with Crippen molar-refractivity contribution in [3.8, 4) is 0 Å². The number of rotatable bonds is 5. The number of carbonyl (C=O) groups excluding carboxylic acids is 1. The van der Waals surface area contributed by atoms with E-state index in [0.29, 0.717) is 0 Å². The Morgan fingerprint density at radius 2 is 1.83 bits per heavy atom. The second kappa shape index (κ2) is 7.84. The Morgan fingerprint density at radius 1 is 1.08 bits per heavy atom. The first kappa shape index (κ1) is 16.3. The maximum Gasteiger partial charge on any atom is 0.411 e. The van der Waals surface area contributed by atoms with E-state index in [1.165, 1.54) is 5.56 Å². The van der Waals surface area contributed by atoms with Gasteiger partial charge >= 0.3 is 6.09 Å². The third-order valence-corrected chi connectivity index (χ3v) is 4.14. The molecule has 1 atom stereocenters. The summed E-state index contributed by atoms with van der Waals surface area (Å²) >= 11 is 5.92. The molecule has 2 aromatic carbocycles. The molecule has 0 spiro atoms. The molecule has 0 aromatic heterocycles. The summed E-state index contributed by atoms with van der Waals surface area (Å²) in [6.45, 7) is 0.282. The molecule has 0 radical (unpaired) electrons. The molecular weight excluding hydrogens is 322 g/mol. The number of ether oxygens (including phenoxy) is 1. The number of carbonyl (C=O) groups is 1. The van der Waals surface area contributed by atoms with E-state index in [-0.39, 0.29) is 12.5 Å². The van der Waals surface area contributed by atoms with Crippen molar-refractivity contribution in [2.24, 2.45) is 5.92 Å². The highest BCUT2D eigenvalue weighted by molar-refractivity contribution is 6.30. The van der Waals surface area contributed by atoms with Crippen molar-refractivity contribution >= 4 is 23.4 Å². The molecular formula is C20H18ClNO2. The van der Waals surface area contributed by atoms with Crippen LogP contribution < -0.4 is 5.32 Å². The van der Waals surface area contributed by atoms with E-state index in [1.807, 2.05) is 66.7 Å². The Morgan fingerprint density at radius 3 is 2.58 bits per heavy atom. The van der Waals surface area contributed by atoms with Gasteiger partial charge in [0.1, 0.15) is 6.61 Å². The summed E-state index contributed by atoms with van der Waals surface area (Å²) in [5, 5.41) is 3.45. The summed E-state index contributed by atoms with van der Waals surface area (Å²) in [6, 6.07) is 17.1. The van der Waals surface area contributed by atoms with Crippen LogP contribution in [0.1, 0.15) is 5.56 Å². The van der Waals surface area contributed by atoms with Crippen LogP contribution in [0.3, 0.4) is 0 Å². The molecule has 2 aromatic rings. The number of allylic oxidation sites excluding steroid dienone is 3. The number of amides is 1. The van der Waals surface area contributed by atoms with Gasteiger partial charge in [-0.2, -0.15) is 0 Å². The molecule has 0 saturated carbocycles. The van der Waals surface area contributed by atoms with E-state index in [9.17, 15) is 4.79 Å². The zero-order chi connectivity index (χ0) is 16.8. The van der Waals surface area contributed by atoms with Crippen LogP contribution in [-0.4, -0.2) is 12.7 Å². The Bertz CT molecular complexity index is 751. The Kier molecular flexibility index (Phi) is 5.34. The number of nitrogens with one attached hydrogen (secondary N) is 1. The van der Waals surface area contributed by atoms with Gasteiger partial charge in [0.05, 0.1) is 0 Å². The van der Waals surface area contributed by atoms with Gasteiger partial charge in [0, 0.05) is 16.6 Å². The highest BCUT2D eigenvalue weighted by Crippen LogP contribution is 2.24. The molecule has 0 fully saturated rings. The van der Waals surface area contributed by atoms with Crippen molar-refractivity contribution in [1.82, 2.24) is 0 Å². The number of anilines is 1. The highest BCUT2D eigenvalue weighted by Gasteiger charge is 2.17. The lowest BCUT2D eigenvalue weighted by Crippen LogP contribution is -2.17. The normalized spacial score (nSPS) is 15.9. The summed E-state index contributed by atoms with van der Waals surface area (Å²) in [4.78, 5) is 11.9. The molecule has 0 saturated heterocycles. The molecule has 3 rings (SSSR count). The van der Waals surface area contributed by atoms with Crippen LogP contribution in [0.4, 0.5) is 10.5 Å². The predicted molar refractivity (Wildman–Crippen MR) is 97.3 cm³/mol. The molecule has 1 amide bonds. The Hall–Kier alpha value is -2.52. The van der Waals surface area contributed by atoms with Crippen LogP contribution in [0.15, 0.2) is 78.4 Å². The summed E-state index contributed by atoms with van der Waals surface area (Å²) in [6.07, 6.45) is 6.57. The molecule has 0 bridgehead atoms. The minimum atomic E-state index is -0.445. The molecule has 0 heterocycles. The van der Waals surface area contributed by atoms with E-state index in [2.05, 4.69) is 11.4 Å². The molecule has 0 aliphatic heterocycles. The maximum atomic E-state index is 11.9. The zero-order valence-electron chi connectivity index (χ0n) is 13.1. The van der Waals surface area contributed by atoms with Crippen molar-refractivity contribution in [3.63, 3.8) is 0 Å². The Labute approximate surface area is 146 Å². The number of benzene rings is 2. The van der Waals surface area contributed by atoms with Crippen LogP contribution in [-0.2, 0) is 11.2 Å². The van der Waals surface area contributed by atoms with Crippen LogP contribution in [0.5, 0.6) is 0 Å². The third-order valence-electron chi connectivity index (χ3n) is 3.89. The lowest BCUT2D eigenvalue weighted by Gasteiger charge is -2.15. The quantitative estimate of drug-likeness (QED) is 0.808. The lowest BCUT2D eigenvalue weighted by atomic mass is 9.95. The molecule has 1 unspecified atom stereocenters. The largest absolute Gasteiger partial charge is 0.445 e. The van der Waals surface area contributed by atoms with Crippen LogP contribution in [0, 0.1) is 5.92 Å². The smallest absolute Gasteiger partial charge is 0.411 e. The standard InChI is InChI=1S/C20H18ClNO2/c21-18-11-9-15(10-12-18)13-16-5-4-6-17(16)14-24-20(23)22-19-7-2-1-3-8-19/h1-12,16H,13-14H2,(H,22,23). The molecule has 1 aliphatic rings. The maximum absolute atomic E-state index is 11.9. The second-order valence-electron chi connectivity index (χ2n) is 5.63. The van der Waals surface area contributed by atoms with Gasteiger partial charge in [-0.15, -0.1) is 0 Å². The molecule has 3 nitrogen and oxygen atoms in total. The molecule has 24 heavy (non-hydrogen) atoms. The average Bonchev–Trinajstić information content (AvgIpc) is 3.03. The van der Waals surface area contributed by atoms with Gasteiger partial charge in [-0.05, 0) is 41.8 Å². The summed E-state index contributed by atoms with van der Waals surface area (Å²) < 4.78 is 5.34. The predicted octanol–water partition coefficient (Wildman–Crippen LogP) is 5.24. The van der Waals surface area contributed by atoms with Crippen molar-refractivity contribution in [3.05, 3.63) is 89.0 Å². The van der Waals surface area contributed by atoms with Gasteiger partial charge in [0.2, 0.25) is 0 Å². The lowest BCUT2D eigenvalue weighted by molar-refractivity contribution is 0.169. The fourth-order valence-electron chi connectivity index (χ4n) is 2.61. The van der Waals surface area contributed by atoms with Crippen molar-refractivity contribution in [1.29, 1.82) is 0 Å². The van der Waals surface area contributed by atoms with Crippen LogP contribution in [0.2, 0.25) is 5.02 Å². The minimum Gasteiger partial charge on any atom is -0.445 e. The third kappa shape index (κ3) is 4.49. The Balaban J connectivity index is 1.51. The minimum absolute atomic E-state index is 0.246. The molecule has 122 valence electrons. The van der Waals surface area contributed by atoms with Crippen LogP contribution >= 0.6 is 11.6 Å². The number of hydrogen-bond donors (Lipinski definition) is 1. The zero-order valence-corrected chi connectivity index (χ0v) is 13.9. The number of halogens is 1. The first-order chi connectivity index (χ1) is 11.7. The van der Waals surface area contributed by atoms with E-state index in [0.717, 1.165) is 22.7 Å². The van der Waals surface area contributed by atoms with E-state index < -0.39 is 6.09 Å². The fourth-order valence-corrected chi connectivity index (χ4v) is 2.74. The van der Waals surface area contributed by atoms with Gasteiger partial charge in [0.25, 0.3) is 0 Å². The highest BCUT2D eigenvalue weighted by atomic mass is 35.5. The molecule has 1 aliphatic carbocycles. The first-order valence-corrected chi connectivity index (χ1v) is 8.19. The van der Waals surface area contributed by atoms with Gasteiger partial charge in [-0.3, -0.25) is 5.32 Å². The number of hydrogen-bond acceptors (Lipinski definition) is 2. The fraction of sp³-hybridized carbons (Fsp3) is 0.150. The average molecular weight is 340 g/mol. The monoisotopic (exact) mass is 339 g/mol. The molecule has 4 heteroatoms. The van der Waals surface area contributed by atoms with Crippen LogP contribution in [0.25, 0.3) is 0 Å². The van der Waals surface area contributed by atoms with Gasteiger partial charge in [-0.1, -0.05) is 60.2 Å². The summed E-state index contributed by atoms with van der Waals surface area (Å²) in [7, 11) is 0. The SMILES string of the molecule is O=C(Nc1ccccc1)OCC1=CC=CC1Cc1ccc(Cl)cc1. The van der Waals surface area contributed by atoms with E-state index in [4.69, 9.17) is 16.3 Å². The van der Waals surface area contributed by atoms with Gasteiger partial charge in [-0.25, -0.2) is 4.79 Å². The van der Waals surface area contributed by atoms with Gasteiger partial charge in [0.15, 0.2) is 0 Å². The van der Waals surface area contributed by atoms with Crippen molar-refractivity contribution in [2.75, 3.05) is 11.9 Å². The van der Waals surface area contributed by atoms with E-state index >= 15 is 0 Å². The summed E-state index contributed by atoms with van der Waals surface area (Å²) in [5.74, 6) is 0.246. The second-order valence-corrected chi connectivity index (χ2v) is 6.07.